The number of hydrogen-bond donors (Lipinski definition) is 0. The molecule has 0 spiro atoms. The molecule has 5 rings (SSSR count). The highest BCUT2D eigenvalue weighted by atomic mass is 32.2. The van der Waals surface area contributed by atoms with Crippen molar-refractivity contribution in [2.24, 2.45) is 5.92 Å². The van der Waals surface area contributed by atoms with E-state index in [4.69, 9.17) is 9.72 Å². The van der Waals surface area contributed by atoms with E-state index >= 15 is 0 Å². The molecule has 0 bridgehead atoms. The van der Waals surface area contributed by atoms with E-state index in [0.29, 0.717) is 5.56 Å². The molecule has 0 N–H and O–H groups in total. The molecule has 0 radical (unpaired) electrons. The quantitative estimate of drug-likeness (QED) is 0.0896. The molecule has 1 aliphatic rings. The van der Waals surface area contributed by atoms with E-state index in [1.54, 1.807) is 23.1 Å². The molecule has 1 aliphatic heterocycles. The predicted molar refractivity (Wildman–Crippen MR) is 179 cm³/mol. The molecule has 0 saturated carbocycles. The summed E-state index contributed by atoms with van der Waals surface area (Å²) in [4.78, 5) is 20.0. The number of Topliss-reactive ketones (excluding diaryl/α,β-unsaturated/α-hetero) is 1. The molecule has 5 heteroatoms. The maximum atomic E-state index is 13.9. The molecule has 1 aromatic heterocycles. The fourth-order valence-corrected chi connectivity index (χ4v) is 8.18. The van der Waals surface area contributed by atoms with Gasteiger partial charge in [0.25, 0.3) is 0 Å². The molecule has 0 aliphatic carbocycles. The summed E-state index contributed by atoms with van der Waals surface area (Å²) in [7, 11) is 0. The summed E-state index contributed by atoms with van der Waals surface area (Å²) < 4.78 is 8.85. The zero-order chi connectivity index (χ0) is 29.0. The summed E-state index contributed by atoms with van der Waals surface area (Å²) >= 11 is 3.41. The number of thioether (sulfide) groups is 1. The highest BCUT2D eigenvalue weighted by Gasteiger charge is 2.42. The number of aromatic nitrogens is 1. The van der Waals surface area contributed by atoms with Gasteiger partial charge >= 0.3 is 0 Å². The number of thiazole rings is 1. The molecule has 42 heavy (non-hydrogen) atoms. The minimum atomic E-state index is -0.525. The number of hydrogen-bond acceptors (Lipinski definition) is 5. The molecule has 220 valence electrons. The third-order valence-corrected chi connectivity index (χ3v) is 10.4. The summed E-state index contributed by atoms with van der Waals surface area (Å²) in [5, 5.41) is 0. The van der Waals surface area contributed by atoms with Gasteiger partial charge in [0.05, 0.1) is 10.2 Å². The van der Waals surface area contributed by atoms with Crippen LogP contribution < -0.4 is 0 Å². The standard InChI is InChI=1S/C37H43NO2S2/c1-2-3-4-5-6-7-8-9-10-11-18-25-30-35(33(39)28-21-14-12-15-22-28)40-34(29-23-16-13-17-24-29)36(30)42-37-38-31-26-19-20-27-32(31)41-37/h12-17,19-24,26-27,30,35H,2-11,18,25H2,1H3/t30-,35+/m1/s1. The fraction of sp³-hybridized carbons (Fsp3) is 0.405. The number of ether oxygens (including phenoxy) is 1. The third kappa shape index (κ3) is 8.14. The lowest BCUT2D eigenvalue weighted by Crippen LogP contribution is -2.28. The lowest BCUT2D eigenvalue weighted by atomic mass is 9.90. The van der Waals surface area contributed by atoms with Crippen molar-refractivity contribution in [1.82, 2.24) is 4.98 Å². The van der Waals surface area contributed by atoms with E-state index in [0.717, 1.165) is 38.9 Å². The van der Waals surface area contributed by atoms with Gasteiger partial charge in [0, 0.05) is 21.9 Å². The average molecular weight is 598 g/mol. The monoisotopic (exact) mass is 597 g/mol. The number of fused-ring (bicyclic) bond motifs is 1. The molecule has 3 nitrogen and oxygen atoms in total. The van der Waals surface area contributed by atoms with Crippen molar-refractivity contribution >= 4 is 44.9 Å². The lowest BCUT2D eigenvalue weighted by Gasteiger charge is -2.20. The van der Waals surface area contributed by atoms with Crippen LogP contribution in [-0.4, -0.2) is 16.9 Å². The normalized spacial score (nSPS) is 16.7. The molecular weight excluding hydrogens is 555 g/mol. The Morgan fingerprint density at radius 1 is 0.762 bits per heavy atom. The zero-order valence-electron chi connectivity index (χ0n) is 24.8. The Morgan fingerprint density at radius 2 is 1.36 bits per heavy atom. The summed E-state index contributed by atoms with van der Waals surface area (Å²) in [6, 6.07) is 28.2. The molecule has 2 atom stereocenters. The Bertz CT molecular complexity index is 1400. The van der Waals surface area contributed by atoms with Gasteiger partial charge in [-0.15, -0.1) is 11.3 Å². The first-order chi connectivity index (χ1) is 20.7. The van der Waals surface area contributed by atoms with Crippen molar-refractivity contribution in [3.63, 3.8) is 0 Å². The molecule has 0 fully saturated rings. The van der Waals surface area contributed by atoms with Gasteiger partial charge in [0.1, 0.15) is 5.76 Å². The first-order valence-electron chi connectivity index (χ1n) is 15.8. The largest absolute Gasteiger partial charge is 0.480 e. The molecule has 0 unspecified atom stereocenters. The van der Waals surface area contributed by atoms with Crippen molar-refractivity contribution in [2.45, 2.75) is 94.4 Å². The average Bonchev–Trinajstić information content (AvgIpc) is 3.61. The van der Waals surface area contributed by atoms with Crippen molar-refractivity contribution in [3.05, 3.63) is 101 Å². The highest BCUT2D eigenvalue weighted by Crippen LogP contribution is 2.49. The lowest BCUT2D eigenvalue weighted by molar-refractivity contribution is 0.0699. The van der Waals surface area contributed by atoms with Gasteiger partial charge in [-0.05, 0) is 18.6 Å². The van der Waals surface area contributed by atoms with Crippen LogP contribution in [0.15, 0.2) is 94.2 Å². The molecule has 3 aromatic carbocycles. The summed E-state index contributed by atoms with van der Waals surface area (Å²) in [5.41, 5.74) is 2.75. The Morgan fingerprint density at radius 3 is 2.02 bits per heavy atom. The van der Waals surface area contributed by atoms with Crippen molar-refractivity contribution in [1.29, 1.82) is 0 Å². The maximum Gasteiger partial charge on any atom is 0.203 e. The number of carbonyl (C=O) groups excluding carboxylic acids is 1. The van der Waals surface area contributed by atoms with Gasteiger partial charge in [-0.25, -0.2) is 4.98 Å². The molecule has 4 aromatic rings. The van der Waals surface area contributed by atoms with Gasteiger partial charge in [-0.2, -0.15) is 0 Å². The van der Waals surface area contributed by atoms with Crippen LogP contribution in [0.2, 0.25) is 0 Å². The molecule has 0 saturated heterocycles. The second-order valence-electron chi connectivity index (χ2n) is 11.3. The summed E-state index contributed by atoms with van der Waals surface area (Å²) in [6.45, 7) is 2.28. The fourth-order valence-electron chi connectivity index (χ4n) is 5.80. The van der Waals surface area contributed by atoms with Crippen molar-refractivity contribution in [3.8, 4) is 0 Å². The van der Waals surface area contributed by atoms with E-state index < -0.39 is 6.10 Å². The number of nitrogens with zero attached hydrogens (tertiary/aromatic N) is 1. The van der Waals surface area contributed by atoms with Crippen LogP contribution in [0.4, 0.5) is 0 Å². The highest BCUT2D eigenvalue weighted by molar-refractivity contribution is 8.05. The Labute approximate surface area is 259 Å². The zero-order valence-corrected chi connectivity index (χ0v) is 26.4. The second kappa shape index (κ2) is 16.1. The first kappa shape index (κ1) is 30.6. The van der Waals surface area contributed by atoms with Gasteiger partial charge in [-0.3, -0.25) is 4.79 Å². The van der Waals surface area contributed by atoms with Crippen molar-refractivity contribution < 1.29 is 9.53 Å². The van der Waals surface area contributed by atoms with Gasteiger partial charge in [-0.1, -0.05) is 162 Å². The van der Waals surface area contributed by atoms with Gasteiger partial charge < -0.3 is 4.74 Å². The Hall–Kier alpha value is -2.89. The van der Waals surface area contributed by atoms with E-state index in [1.165, 1.54) is 68.9 Å². The number of benzene rings is 3. The van der Waals surface area contributed by atoms with Crippen LogP contribution in [-0.2, 0) is 4.74 Å². The second-order valence-corrected chi connectivity index (χ2v) is 13.6. The SMILES string of the molecule is CCCCCCCCCCCCC[C@H]1C(Sc2nc3ccccc3s2)=C(c2ccccc2)O[C@@H]1C(=O)c1ccccc1. The minimum absolute atomic E-state index is 0.00323. The van der Waals surface area contributed by atoms with Gasteiger partial charge in [0.15, 0.2) is 10.4 Å². The maximum absolute atomic E-state index is 13.9. The molecule has 0 amide bonds. The molecular formula is C37H43NO2S2. The Balaban J connectivity index is 1.32. The first-order valence-corrected chi connectivity index (χ1v) is 17.5. The van der Waals surface area contributed by atoms with E-state index in [9.17, 15) is 4.79 Å². The van der Waals surface area contributed by atoms with Gasteiger partial charge in [0.2, 0.25) is 5.78 Å². The van der Waals surface area contributed by atoms with E-state index in [-0.39, 0.29) is 11.7 Å². The van der Waals surface area contributed by atoms with Crippen LogP contribution in [0, 0.1) is 5.92 Å². The number of carbonyl (C=O) groups is 1. The third-order valence-electron chi connectivity index (χ3n) is 8.11. The minimum Gasteiger partial charge on any atom is -0.480 e. The Kier molecular flexibility index (Phi) is 11.7. The number of para-hydroxylation sites is 1. The number of ketones is 1. The number of rotatable bonds is 17. The van der Waals surface area contributed by atoms with E-state index in [1.807, 2.05) is 54.6 Å². The topological polar surface area (TPSA) is 39.2 Å². The summed E-state index contributed by atoms with van der Waals surface area (Å²) in [5.74, 6) is 0.905. The van der Waals surface area contributed by atoms with Crippen LogP contribution >= 0.6 is 23.1 Å². The van der Waals surface area contributed by atoms with Crippen LogP contribution in [0.5, 0.6) is 0 Å². The molecule has 2 heterocycles. The van der Waals surface area contributed by atoms with Crippen LogP contribution in [0.1, 0.15) is 99.9 Å². The number of unbranched alkanes of at least 4 members (excludes halogenated alkanes) is 10. The van der Waals surface area contributed by atoms with Crippen LogP contribution in [0.25, 0.3) is 16.0 Å². The van der Waals surface area contributed by atoms with Crippen molar-refractivity contribution in [2.75, 3.05) is 0 Å². The van der Waals surface area contributed by atoms with Crippen LogP contribution in [0.3, 0.4) is 0 Å². The summed E-state index contributed by atoms with van der Waals surface area (Å²) in [6.07, 6.45) is 14.8. The predicted octanol–water partition coefficient (Wildman–Crippen LogP) is 11.4. The smallest absolute Gasteiger partial charge is 0.203 e. The van der Waals surface area contributed by atoms with E-state index in [2.05, 4.69) is 37.3 Å².